The van der Waals surface area contributed by atoms with Gasteiger partial charge in [-0.15, -0.1) is 11.3 Å². The van der Waals surface area contributed by atoms with E-state index >= 15 is 0 Å². The van der Waals surface area contributed by atoms with Gasteiger partial charge in [-0.25, -0.2) is 8.78 Å². The number of methoxy groups -OCH3 is 1. The van der Waals surface area contributed by atoms with Crippen molar-refractivity contribution in [2.24, 2.45) is 0 Å². The quantitative estimate of drug-likeness (QED) is 0.678. The second-order valence-corrected chi connectivity index (χ2v) is 6.99. The molecule has 0 fully saturated rings. The number of nitrogens with one attached hydrogen (secondary N) is 1. The lowest BCUT2D eigenvalue weighted by molar-refractivity contribution is 0.0928. The minimum absolute atomic E-state index is 0.152. The van der Waals surface area contributed by atoms with Gasteiger partial charge in [0.15, 0.2) is 0 Å². The second-order valence-electron chi connectivity index (χ2n) is 5.71. The zero-order valence-corrected chi connectivity index (χ0v) is 14.8. The van der Waals surface area contributed by atoms with E-state index in [1.165, 1.54) is 12.1 Å². The number of carbonyl (C=O) groups is 1. The SMILES string of the molecule is COCCNC(=O)c1cc2sc(C)cc2n1Cc1ccc(F)cc1F. The minimum Gasteiger partial charge on any atom is -0.383 e. The minimum atomic E-state index is -0.625. The van der Waals surface area contributed by atoms with E-state index in [9.17, 15) is 13.6 Å². The molecule has 2 heterocycles. The van der Waals surface area contributed by atoms with Crippen molar-refractivity contribution in [3.8, 4) is 0 Å². The van der Waals surface area contributed by atoms with Crippen LogP contribution < -0.4 is 5.32 Å². The van der Waals surface area contributed by atoms with Crippen LogP contribution in [0.15, 0.2) is 30.3 Å². The molecule has 0 spiro atoms. The van der Waals surface area contributed by atoms with Crippen LogP contribution in [0.1, 0.15) is 20.9 Å². The molecule has 0 aliphatic heterocycles. The Morgan fingerprint density at radius 2 is 2.08 bits per heavy atom. The number of hydrogen-bond donors (Lipinski definition) is 1. The first-order valence-electron chi connectivity index (χ1n) is 7.80. The molecule has 25 heavy (non-hydrogen) atoms. The first-order valence-corrected chi connectivity index (χ1v) is 8.62. The van der Waals surface area contributed by atoms with E-state index in [4.69, 9.17) is 4.74 Å². The third kappa shape index (κ3) is 3.72. The number of aryl methyl sites for hydroxylation is 1. The molecule has 0 unspecified atom stereocenters. The summed E-state index contributed by atoms with van der Waals surface area (Å²) in [5.41, 5.74) is 1.64. The van der Waals surface area contributed by atoms with Crippen LogP contribution >= 0.6 is 11.3 Å². The molecule has 0 saturated heterocycles. The van der Waals surface area contributed by atoms with Crippen molar-refractivity contribution in [2.45, 2.75) is 13.5 Å². The number of ether oxygens (including phenoxy) is 1. The maximum Gasteiger partial charge on any atom is 0.268 e. The standard InChI is InChI=1S/C18H18F2N2O2S/c1-11-7-15-17(25-11)9-16(18(23)21-5-6-24-2)22(15)10-12-3-4-13(19)8-14(12)20/h3-4,7-9H,5-6,10H2,1-2H3,(H,21,23). The van der Waals surface area contributed by atoms with Gasteiger partial charge in [-0.3, -0.25) is 4.79 Å². The molecule has 2 aromatic heterocycles. The van der Waals surface area contributed by atoms with Crippen LogP contribution in [-0.4, -0.2) is 30.7 Å². The van der Waals surface area contributed by atoms with Crippen molar-refractivity contribution in [2.75, 3.05) is 20.3 Å². The lowest BCUT2D eigenvalue weighted by Crippen LogP contribution is -2.29. The normalized spacial score (nSPS) is 11.2. The maximum absolute atomic E-state index is 14.1. The highest BCUT2D eigenvalue weighted by Gasteiger charge is 2.18. The first kappa shape index (κ1) is 17.6. The summed E-state index contributed by atoms with van der Waals surface area (Å²) in [7, 11) is 1.56. The Morgan fingerprint density at radius 1 is 1.28 bits per heavy atom. The molecule has 0 aliphatic rings. The fourth-order valence-electron chi connectivity index (χ4n) is 2.70. The zero-order valence-electron chi connectivity index (χ0n) is 13.9. The largest absolute Gasteiger partial charge is 0.383 e. The third-order valence-electron chi connectivity index (χ3n) is 3.88. The third-order valence-corrected chi connectivity index (χ3v) is 4.87. The maximum atomic E-state index is 14.1. The molecular formula is C18H18F2N2O2S. The predicted molar refractivity (Wildman–Crippen MR) is 94.2 cm³/mol. The number of aromatic nitrogens is 1. The van der Waals surface area contributed by atoms with Gasteiger partial charge in [0, 0.05) is 30.2 Å². The zero-order chi connectivity index (χ0) is 18.0. The average molecular weight is 364 g/mol. The van der Waals surface area contributed by atoms with E-state index in [1.54, 1.807) is 29.1 Å². The highest BCUT2D eigenvalue weighted by atomic mass is 32.1. The number of hydrogen-bond acceptors (Lipinski definition) is 3. The van der Waals surface area contributed by atoms with Gasteiger partial charge in [-0.1, -0.05) is 6.07 Å². The molecule has 3 aromatic rings. The number of halogens is 2. The Bertz CT molecular complexity index is 917. The van der Waals surface area contributed by atoms with Crippen molar-refractivity contribution in [3.05, 3.63) is 58.1 Å². The molecular weight excluding hydrogens is 346 g/mol. The lowest BCUT2D eigenvalue weighted by Gasteiger charge is -2.11. The molecule has 1 aromatic carbocycles. The van der Waals surface area contributed by atoms with E-state index in [-0.39, 0.29) is 12.5 Å². The number of fused-ring (bicyclic) bond motifs is 1. The molecule has 0 radical (unpaired) electrons. The van der Waals surface area contributed by atoms with Gasteiger partial charge in [0.05, 0.1) is 23.4 Å². The number of rotatable bonds is 6. The number of amides is 1. The lowest BCUT2D eigenvalue weighted by atomic mass is 10.2. The topological polar surface area (TPSA) is 43.3 Å². The van der Waals surface area contributed by atoms with Crippen molar-refractivity contribution in [1.82, 2.24) is 9.88 Å². The summed E-state index contributed by atoms with van der Waals surface area (Å²) in [5, 5.41) is 2.78. The second kappa shape index (κ2) is 7.33. The fourth-order valence-corrected chi connectivity index (χ4v) is 3.66. The molecule has 1 N–H and O–H groups in total. The first-order chi connectivity index (χ1) is 12.0. The number of thiophene rings is 1. The van der Waals surface area contributed by atoms with Crippen LogP contribution in [0.5, 0.6) is 0 Å². The molecule has 0 aliphatic carbocycles. The van der Waals surface area contributed by atoms with Gasteiger partial charge in [0.25, 0.3) is 5.91 Å². The number of nitrogens with zero attached hydrogens (tertiary/aromatic N) is 1. The highest BCUT2D eigenvalue weighted by molar-refractivity contribution is 7.19. The molecule has 7 heteroatoms. The molecule has 0 bridgehead atoms. The van der Waals surface area contributed by atoms with E-state index in [2.05, 4.69) is 5.32 Å². The van der Waals surface area contributed by atoms with Crippen LogP contribution in [-0.2, 0) is 11.3 Å². The predicted octanol–water partition coefficient (Wildman–Crippen LogP) is 3.71. The van der Waals surface area contributed by atoms with Crippen LogP contribution in [0.4, 0.5) is 8.78 Å². The molecule has 0 atom stereocenters. The fraction of sp³-hybridized carbons (Fsp3) is 0.278. The van der Waals surface area contributed by atoms with E-state index in [0.717, 1.165) is 21.2 Å². The van der Waals surface area contributed by atoms with Crippen molar-refractivity contribution < 1.29 is 18.3 Å². The van der Waals surface area contributed by atoms with Gasteiger partial charge >= 0.3 is 0 Å². The Morgan fingerprint density at radius 3 is 2.80 bits per heavy atom. The summed E-state index contributed by atoms with van der Waals surface area (Å²) in [6, 6.07) is 7.25. The van der Waals surface area contributed by atoms with Gasteiger partial charge in [-0.2, -0.15) is 0 Å². The smallest absolute Gasteiger partial charge is 0.268 e. The van der Waals surface area contributed by atoms with Gasteiger partial charge < -0.3 is 14.6 Å². The van der Waals surface area contributed by atoms with Crippen molar-refractivity contribution in [3.63, 3.8) is 0 Å². The Hall–Kier alpha value is -2.25. The molecule has 3 rings (SSSR count). The molecule has 132 valence electrons. The van der Waals surface area contributed by atoms with E-state index in [0.29, 0.717) is 24.4 Å². The van der Waals surface area contributed by atoms with Crippen LogP contribution in [0.25, 0.3) is 10.2 Å². The summed E-state index contributed by atoms with van der Waals surface area (Å²) in [5.74, 6) is -1.50. The summed E-state index contributed by atoms with van der Waals surface area (Å²) in [6.45, 7) is 2.93. The van der Waals surface area contributed by atoms with Gasteiger partial charge in [0.2, 0.25) is 0 Å². The van der Waals surface area contributed by atoms with Crippen molar-refractivity contribution >= 4 is 27.5 Å². The Balaban J connectivity index is 1.98. The van der Waals surface area contributed by atoms with E-state index in [1.807, 2.05) is 13.0 Å². The van der Waals surface area contributed by atoms with Crippen LogP contribution in [0, 0.1) is 18.6 Å². The summed E-state index contributed by atoms with van der Waals surface area (Å²) < 4.78 is 34.9. The molecule has 1 amide bonds. The number of benzene rings is 1. The average Bonchev–Trinajstić information content (AvgIpc) is 3.07. The van der Waals surface area contributed by atoms with Crippen LogP contribution in [0.3, 0.4) is 0 Å². The van der Waals surface area contributed by atoms with Crippen molar-refractivity contribution in [1.29, 1.82) is 0 Å². The monoisotopic (exact) mass is 364 g/mol. The highest BCUT2D eigenvalue weighted by Crippen LogP contribution is 2.29. The Labute approximate surface area is 148 Å². The Kier molecular flexibility index (Phi) is 5.15. The summed E-state index contributed by atoms with van der Waals surface area (Å²) in [4.78, 5) is 13.6. The molecule has 4 nitrogen and oxygen atoms in total. The van der Waals surface area contributed by atoms with Gasteiger partial charge in [0.1, 0.15) is 17.3 Å². The summed E-state index contributed by atoms with van der Waals surface area (Å²) >= 11 is 1.57. The molecule has 0 saturated carbocycles. The van der Waals surface area contributed by atoms with E-state index < -0.39 is 11.6 Å². The van der Waals surface area contributed by atoms with Crippen LogP contribution in [0.2, 0.25) is 0 Å². The number of carbonyl (C=O) groups excluding carboxylic acids is 1. The summed E-state index contributed by atoms with van der Waals surface area (Å²) in [6.07, 6.45) is 0. The van der Waals surface area contributed by atoms with Gasteiger partial charge in [-0.05, 0) is 25.1 Å².